The van der Waals surface area contributed by atoms with Crippen LogP contribution in [0.1, 0.15) is 0 Å². The summed E-state index contributed by atoms with van der Waals surface area (Å²) < 4.78 is 46.5. The number of hydrogen-bond donors (Lipinski definition) is 0. The van der Waals surface area contributed by atoms with Gasteiger partial charge in [0.25, 0.3) is 0 Å². The molecule has 0 spiro atoms. The zero-order chi connectivity index (χ0) is 26.6. The van der Waals surface area contributed by atoms with Gasteiger partial charge in [0.15, 0.2) is 0 Å². The van der Waals surface area contributed by atoms with Gasteiger partial charge in [-0.3, -0.25) is 0 Å². The first-order chi connectivity index (χ1) is 18.4. The SMILES string of the molecule is O=C(OS(c1ccccc1)(c1ccc(-c2ccccc2)cc1)c1ccc(-c2ccccc2)cc1)C(F)(F)F. The molecule has 0 heterocycles. The lowest BCUT2D eigenvalue weighted by Gasteiger charge is -2.40. The normalized spacial score (nSPS) is 12.1. The van der Waals surface area contributed by atoms with E-state index in [9.17, 15) is 18.0 Å². The van der Waals surface area contributed by atoms with Gasteiger partial charge in [-0.2, -0.15) is 13.2 Å². The topological polar surface area (TPSA) is 26.3 Å². The van der Waals surface area contributed by atoms with Gasteiger partial charge >= 0.3 is 12.1 Å². The van der Waals surface area contributed by atoms with Crippen molar-refractivity contribution in [3.63, 3.8) is 0 Å². The zero-order valence-electron chi connectivity index (χ0n) is 20.1. The highest BCUT2D eigenvalue weighted by Gasteiger charge is 2.47. The molecule has 0 atom stereocenters. The van der Waals surface area contributed by atoms with Gasteiger partial charge in [-0.15, -0.1) is 0 Å². The highest BCUT2D eigenvalue weighted by Crippen LogP contribution is 2.69. The summed E-state index contributed by atoms with van der Waals surface area (Å²) in [4.78, 5) is 13.9. The van der Waals surface area contributed by atoms with Crippen LogP contribution in [0, 0.1) is 0 Å². The number of halogens is 3. The van der Waals surface area contributed by atoms with E-state index >= 15 is 0 Å². The molecule has 0 aliphatic heterocycles. The Morgan fingerprint density at radius 1 is 0.474 bits per heavy atom. The molecule has 0 aliphatic rings. The molecular formula is C32H23F3O2S. The Hall–Kier alpha value is -4.29. The average Bonchev–Trinajstić information content (AvgIpc) is 2.97. The van der Waals surface area contributed by atoms with Crippen molar-refractivity contribution < 1.29 is 22.1 Å². The van der Waals surface area contributed by atoms with E-state index in [-0.39, 0.29) is 0 Å². The lowest BCUT2D eigenvalue weighted by Crippen LogP contribution is -2.27. The molecule has 38 heavy (non-hydrogen) atoms. The minimum Gasteiger partial charge on any atom is -0.395 e. The van der Waals surface area contributed by atoms with Crippen molar-refractivity contribution in [3.8, 4) is 22.3 Å². The van der Waals surface area contributed by atoms with Gasteiger partial charge < -0.3 is 4.18 Å². The van der Waals surface area contributed by atoms with E-state index in [1.54, 1.807) is 54.6 Å². The molecule has 5 aromatic rings. The second-order valence-electron chi connectivity index (χ2n) is 8.52. The molecule has 0 bridgehead atoms. The molecule has 0 unspecified atom stereocenters. The summed E-state index contributed by atoms with van der Waals surface area (Å²) in [5.41, 5.74) is 3.74. The number of alkyl halides is 3. The number of benzene rings is 5. The minimum atomic E-state index is -5.15. The number of rotatable bonds is 6. The molecule has 0 saturated heterocycles. The lowest BCUT2D eigenvalue weighted by atomic mass is 10.1. The molecule has 0 saturated carbocycles. The summed E-state index contributed by atoms with van der Waals surface area (Å²) >= 11 is 0. The Kier molecular flexibility index (Phi) is 7.07. The zero-order valence-corrected chi connectivity index (χ0v) is 21.0. The molecule has 0 radical (unpaired) electrons. The van der Waals surface area contributed by atoms with Crippen LogP contribution in [-0.2, 0) is 8.98 Å². The molecule has 0 aromatic heterocycles. The van der Waals surface area contributed by atoms with Crippen LogP contribution in [-0.4, -0.2) is 12.1 Å². The molecule has 0 amide bonds. The van der Waals surface area contributed by atoms with E-state index in [0.717, 1.165) is 22.3 Å². The van der Waals surface area contributed by atoms with Crippen LogP contribution < -0.4 is 0 Å². The first kappa shape index (κ1) is 25.4. The van der Waals surface area contributed by atoms with Crippen molar-refractivity contribution in [3.05, 3.63) is 140 Å². The fraction of sp³-hybridized carbons (Fsp3) is 0.0312. The van der Waals surface area contributed by atoms with Gasteiger partial charge in [0.05, 0.1) is 0 Å². The minimum absolute atomic E-state index is 0.480. The fourth-order valence-corrected chi connectivity index (χ4v) is 7.27. The molecule has 190 valence electrons. The van der Waals surface area contributed by atoms with E-state index < -0.39 is 22.5 Å². The quantitative estimate of drug-likeness (QED) is 0.219. The molecule has 0 N–H and O–H groups in total. The lowest BCUT2D eigenvalue weighted by molar-refractivity contribution is -0.188. The summed E-state index contributed by atoms with van der Waals surface area (Å²) in [6.07, 6.45) is -5.15. The predicted molar refractivity (Wildman–Crippen MR) is 145 cm³/mol. The first-order valence-corrected chi connectivity index (χ1v) is 13.4. The second-order valence-corrected chi connectivity index (χ2v) is 11.2. The highest BCUT2D eigenvalue weighted by atomic mass is 32.3. The summed E-state index contributed by atoms with van der Waals surface area (Å²) in [5, 5.41) is 0. The molecule has 2 nitrogen and oxygen atoms in total. The van der Waals surface area contributed by atoms with Crippen LogP contribution >= 0.6 is 10.3 Å². The third-order valence-electron chi connectivity index (χ3n) is 6.09. The first-order valence-electron chi connectivity index (χ1n) is 11.9. The van der Waals surface area contributed by atoms with E-state index in [1.165, 1.54) is 0 Å². The van der Waals surface area contributed by atoms with E-state index in [1.807, 2.05) is 84.9 Å². The van der Waals surface area contributed by atoms with Crippen LogP contribution in [0.25, 0.3) is 22.3 Å². The summed E-state index contributed by atoms with van der Waals surface area (Å²) in [6.45, 7) is 0. The van der Waals surface area contributed by atoms with Crippen LogP contribution in [0.3, 0.4) is 0 Å². The van der Waals surface area contributed by atoms with E-state index in [2.05, 4.69) is 0 Å². The Balaban J connectivity index is 1.70. The average molecular weight is 529 g/mol. The Morgan fingerprint density at radius 3 is 1.16 bits per heavy atom. The summed E-state index contributed by atoms with van der Waals surface area (Å²) in [6, 6.07) is 42.3. The van der Waals surface area contributed by atoms with Crippen molar-refractivity contribution >= 4 is 16.3 Å². The van der Waals surface area contributed by atoms with Gasteiger partial charge in [-0.05, 0) is 69.0 Å². The number of hydrogen-bond acceptors (Lipinski definition) is 2. The van der Waals surface area contributed by atoms with Gasteiger partial charge in [-0.1, -0.05) is 103 Å². The van der Waals surface area contributed by atoms with E-state index in [0.29, 0.717) is 14.7 Å². The predicted octanol–water partition coefficient (Wildman–Crippen LogP) is 9.32. The van der Waals surface area contributed by atoms with E-state index in [4.69, 9.17) is 4.18 Å². The largest absolute Gasteiger partial charge is 0.491 e. The monoisotopic (exact) mass is 528 g/mol. The smallest absolute Gasteiger partial charge is 0.395 e. The molecule has 0 fully saturated rings. The maximum atomic E-state index is 13.6. The van der Waals surface area contributed by atoms with Crippen LogP contribution in [0.5, 0.6) is 0 Å². The van der Waals surface area contributed by atoms with Crippen molar-refractivity contribution in [1.82, 2.24) is 0 Å². The maximum Gasteiger partial charge on any atom is 0.491 e. The van der Waals surface area contributed by atoms with Crippen molar-refractivity contribution in [2.24, 2.45) is 0 Å². The van der Waals surface area contributed by atoms with Crippen molar-refractivity contribution in [2.75, 3.05) is 0 Å². The van der Waals surface area contributed by atoms with Crippen molar-refractivity contribution in [2.45, 2.75) is 20.9 Å². The van der Waals surface area contributed by atoms with Crippen molar-refractivity contribution in [1.29, 1.82) is 0 Å². The van der Waals surface area contributed by atoms with Gasteiger partial charge in [0, 0.05) is 14.7 Å². The Bertz CT molecular complexity index is 1420. The molecule has 5 rings (SSSR count). The third-order valence-corrected chi connectivity index (χ3v) is 9.30. The molecular weight excluding hydrogens is 505 g/mol. The molecule has 5 aromatic carbocycles. The summed E-state index contributed by atoms with van der Waals surface area (Å²) in [7, 11) is -3.08. The highest BCUT2D eigenvalue weighted by molar-refractivity contribution is 8.30. The van der Waals surface area contributed by atoms with Crippen LogP contribution in [0.2, 0.25) is 0 Å². The fourth-order valence-electron chi connectivity index (χ4n) is 4.26. The number of carbonyl (C=O) groups is 1. The van der Waals surface area contributed by atoms with Crippen LogP contribution in [0.15, 0.2) is 154 Å². The second kappa shape index (κ2) is 10.6. The van der Waals surface area contributed by atoms with Gasteiger partial charge in [-0.25, -0.2) is 4.79 Å². The Labute approximate surface area is 220 Å². The third kappa shape index (κ3) is 5.08. The summed E-state index contributed by atoms with van der Waals surface area (Å²) in [5.74, 6) is -2.23. The molecule has 0 aliphatic carbocycles. The standard InChI is InChI=1S/C32H23F3O2S/c33-32(34,35)31(36)37-38(28-14-8-3-9-15-28,29-20-16-26(17-21-29)24-10-4-1-5-11-24)30-22-18-27(19-23-30)25-12-6-2-7-13-25/h1-23H. The number of carbonyl (C=O) groups excluding carboxylic acids is 1. The maximum absolute atomic E-state index is 13.6. The molecule has 6 heteroatoms. The van der Waals surface area contributed by atoms with Gasteiger partial charge in [0.1, 0.15) is 0 Å². The Morgan fingerprint density at radius 2 is 0.789 bits per heavy atom. The van der Waals surface area contributed by atoms with Crippen LogP contribution in [0.4, 0.5) is 13.2 Å². The van der Waals surface area contributed by atoms with Gasteiger partial charge in [0.2, 0.25) is 0 Å².